The molecule has 1 heterocycles. The molecular weight excluding hydrogens is 233 g/mol. The Balaban J connectivity index is 2.09. The third kappa shape index (κ3) is 2.93. The van der Waals surface area contributed by atoms with Gasteiger partial charge in [0, 0.05) is 6.54 Å². The fourth-order valence-electron chi connectivity index (χ4n) is 1.88. The molecule has 0 saturated carbocycles. The molecule has 0 aliphatic rings. The Kier molecular flexibility index (Phi) is 3.92. The number of rotatable bonds is 5. The predicted molar refractivity (Wildman–Crippen MR) is 70.9 cm³/mol. The van der Waals surface area contributed by atoms with E-state index in [1.165, 1.54) is 5.56 Å². The van der Waals surface area contributed by atoms with Crippen molar-refractivity contribution in [3.05, 3.63) is 58.3 Å². The zero-order valence-corrected chi connectivity index (χ0v) is 10.4. The number of alkyl halides is 1. The molecule has 2 aromatic rings. The molecule has 2 rings (SSSR count). The van der Waals surface area contributed by atoms with Crippen molar-refractivity contribution in [1.29, 1.82) is 0 Å². The summed E-state index contributed by atoms with van der Waals surface area (Å²) in [5.74, 6) is 0. The minimum atomic E-state index is -1.41. The summed E-state index contributed by atoms with van der Waals surface area (Å²) in [7, 11) is 0. The summed E-state index contributed by atoms with van der Waals surface area (Å²) in [6, 6.07) is 11.2. The number of nitrogens with two attached hydrogens (primary N) is 1. The van der Waals surface area contributed by atoms with Crippen molar-refractivity contribution in [3.8, 4) is 0 Å². The fourth-order valence-corrected chi connectivity index (χ4v) is 2.58. The van der Waals surface area contributed by atoms with Crippen LogP contribution in [0.15, 0.2) is 47.2 Å². The molecule has 3 heteroatoms. The summed E-state index contributed by atoms with van der Waals surface area (Å²) in [4.78, 5) is 0. The van der Waals surface area contributed by atoms with Gasteiger partial charge in [-0.1, -0.05) is 30.3 Å². The van der Waals surface area contributed by atoms with Crippen molar-refractivity contribution in [3.63, 3.8) is 0 Å². The first kappa shape index (κ1) is 12.3. The van der Waals surface area contributed by atoms with Crippen LogP contribution in [0.3, 0.4) is 0 Å². The van der Waals surface area contributed by atoms with E-state index in [2.05, 4.69) is 5.38 Å². The minimum absolute atomic E-state index is 0.0289. The van der Waals surface area contributed by atoms with Gasteiger partial charge in [-0.15, -0.1) is 0 Å². The lowest BCUT2D eigenvalue weighted by Crippen LogP contribution is -2.30. The third-order valence-corrected chi connectivity index (χ3v) is 3.74. The topological polar surface area (TPSA) is 26.0 Å². The monoisotopic (exact) mass is 249 g/mol. The first-order chi connectivity index (χ1) is 8.24. The van der Waals surface area contributed by atoms with E-state index in [0.29, 0.717) is 12.0 Å². The number of hydrogen-bond donors (Lipinski definition) is 1. The SMILES string of the molecule is NCC(F)(CCc1ccsc1)c1ccccc1. The summed E-state index contributed by atoms with van der Waals surface area (Å²) in [6.07, 6.45) is 1.16. The maximum Gasteiger partial charge on any atom is 0.148 e. The number of halogens is 1. The second kappa shape index (κ2) is 5.43. The summed E-state index contributed by atoms with van der Waals surface area (Å²) in [6.45, 7) is 0.0289. The molecule has 0 fully saturated rings. The van der Waals surface area contributed by atoms with Gasteiger partial charge in [0.25, 0.3) is 0 Å². The van der Waals surface area contributed by atoms with Crippen LogP contribution in [-0.4, -0.2) is 6.54 Å². The van der Waals surface area contributed by atoms with Gasteiger partial charge in [-0.2, -0.15) is 11.3 Å². The first-order valence-corrected chi connectivity index (χ1v) is 6.64. The van der Waals surface area contributed by atoms with Gasteiger partial charge >= 0.3 is 0 Å². The van der Waals surface area contributed by atoms with E-state index in [9.17, 15) is 4.39 Å². The Labute approximate surface area is 105 Å². The van der Waals surface area contributed by atoms with Gasteiger partial charge in [0.2, 0.25) is 0 Å². The Morgan fingerprint density at radius 2 is 1.94 bits per heavy atom. The van der Waals surface area contributed by atoms with Crippen molar-refractivity contribution < 1.29 is 4.39 Å². The summed E-state index contributed by atoms with van der Waals surface area (Å²) in [5, 5.41) is 4.07. The normalized spacial score (nSPS) is 14.5. The highest BCUT2D eigenvalue weighted by Gasteiger charge is 2.29. The van der Waals surface area contributed by atoms with Gasteiger partial charge in [0.15, 0.2) is 0 Å². The van der Waals surface area contributed by atoms with Crippen molar-refractivity contribution >= 4 is 11.3 Å². The number of benzene rings is 1. The Morgan fingerprint density at radius 1 is 1.18 bits per heavy atom. The Hall–Kier alpha value is -1.19. The van der Waals surface area contributed by atoms with Gasteiger partial charge in [-0.05, 0) is 40.8 Å². The van der Waals surface area contributed by atoms with E-state index in [4.69, 9.17) is 5.73 Å². The molecule has 0 bridgehead atoms. The Morgan fingerprint density at radius 3 is 2.53 bits per heavy atom. The number of thiophene rings is 1. The molecule has 1 aromatic carbocycles. The van der Waals surface area contributed by atoms with Crippen LogP contribution in [0.4, 0.5) is 4.39 Å². The van der Waals surface area contributed by atoms with E-state index in [1.807, 2.05) is 29.6 Å². The zero-order valence-electron chi connectivity index (χ0n) is 9.60. The average molecular weight is 249 g/mol. The Bertz CT molecular complexity index is 441. The fraction of sp³-hybridized carbons (Fsp3) is 0.286. The van der Waals surface area contributed by atoms with E-state index < -0.39 is 5.67 Å². The first-order valence-electron chi connectivity index (χ1n) is 5.70. The van der Waals surface area contributed by atoms with Crippen molar-refractivity contribution in [2.45, 2.75) is 18.5 Å². The molecule has 0 radical (unpaired) electrons. The van der Waals surface area contributed by atoms with Crippen LogP contribution in [0.25, 0.3) is 0 Å². The lowest BCUT2D eigenvalue weighted by molar-refractivity contribution is 0.161. The maximum atomic E-state index is 14.7. The molecule has 1 aromatic heterocycles. The van der Waals surface area contributed by atoms with Crippen LogP contribution in [0.2, 0.25) is 0 Å². The van der Waals surface area contributed by atoms with E-state index in [1.54, 1.807) is 23.5 Å². The van der Waals surface area contributed by atoms with Gasteiger partial charge in [0.1, 0.15) is 5.67 Å². The van der Waals surface area contributed by atoms with Crippen LogP contribution in [0.5, 0.6) is 0 Å². The molecule has 0 spiro atoms. The van der Waals surface area contributed by atoms with Crippen LogP contribution in [-0.2, 0) is 12.1 Å². The van der Waals surface area contributed by atoms with Gasteiger partial charge < -0.3 is 5.73 Å². The highest BCUT2D eigenvalue weighted by Crippen LogP contribution is 2.30. The number of hydrogen-bond acceptors (Lipinski definition) is 2. The molecular formula is C14H16FNS. The number of aryl methyl sites for hydroxylation is 1. The molecule has 90 valence electrons. The smallest absolute Gasteiger partial charge is 0.148 e. The standard InChI is InChI=1S/C14H16FNS/c15-14(11-16,13-4-2-1-3-5-13)8-6-12-7-9-17-10-12/h1-5,7,9-10H,6,8,11,16H2. The molecule has 1 atom stereocenters. The van der Waals surface area contributed by atoms with Gasteiger partial charge in [-0.3, -0.25) is 0 Å². The molecule has 1 nitrogen and oxygen atoms in total. The van der Waals surface area contributed by atoms with Crippen molar-refractivity contribution in [2.24, 2.45) is 5.73 Å². The van der Waals surface area contributed by atoms with Crippen LogP contribution in [0.1, 0.15) is 17.5 Å². The van der Waals surface area contributed by atoms with Gasteiger partial charge in [-0.25, -0.2) is 4.39 Å². The largest absolute Gasteiger partial charge is 0.327 e. The quantitative estimate of drug-likeness (QED) is 0.862. The lowest BCUT2D eigenvalue weighted by Gasteiger charge is -2.24. The zero-order chi connectivity index (χ0) is 12.1. The molecule has 0 aliphatic carbocycles. The second-order valence-electron chi connectivity index (χ2n) is 4.17. The highest BCUT2D eigenvalue weighted by atomic mass is 32.1. The summed E-state index contributed by atoms with van der Waals surface area (Å²) < 4.78 is 14.7. The van der Waals surface area contributed by atoms with Crippen molar-refractivity contribution in [2.75, 3.05) is 6.54 Å². The molecule has 2 N–H and O–H groups in total. The van der Waals surface area contributed by atoms with E-state index in [0.717, 1.165) is 6.42 Å². The third-order valence-electron chi connectivity index (χ3n) is 3.00. The average Bonchev–Trinajstić information content (AvgIpc) is 2.90. The van der Waals surface area contributed by atoms with Gasteiger partial charge in [0.05, 0.1) is 0 Å². The minimum Gasteiger partial charge on any atom is -0.327 e. The van der Waals surface area contributed by atoms with E-state index >= 15 is 0 Å². The van der Waals surface area contributed by atoms with Crippen molar-refractivity contribution in [1.82, 2.24) is 0 Å². The summed E-state index contributed by atoms with van der Waals surface area (Å²) >= 11 is 1.64. The molecule has 17 heavy (non-hydrogen) atoms. The maximum absolute atomic E-state index is 14.7. The molecule has 0 aliphatic heterocycles. The van der Waals surface area contributed by atoms with Crippen LogP contribution >= 0.6 is 11.3 Å². The lowest BCUT2D eigenvalue weighted by atomic mass is 9.90. The van der Waals surface area contributed by atoms with E-state index in [-0.39, 0.29) is 6.54 Å². The second-order valence-corrected chi connectivity index (χ2v) is 4.95. The van der Waals surface area contributed by atoms with Crippen LogP contribution < -0.4 is 5.73 Å². The summed E-state index contributed by atoms with van der Waals surface area (Å²) in [5.41, 5.74) is 6.05. The molecule has 1 unspecified atom stereocenters. The highest BCUT2D eigenvalue weighted by molar-refractivity contribution is 7.07. The molecule has 0 amide bonds. The van der Waals surface area contributed by atoms with Crippen LogP contribution in [0, 0.1) is 0 Å². The molecule has 0 saturated heterocycles. The predicted octanol–water partition coefficient (Wildman–Crippen LogP) is 3.50.